The zero-order valence-electron chi connectivity index (χ0n) is 12.5. The number of benzene rings is 1. The smallest absolute Gasteiger partial charge is 0.0588 e. The first kappa shape index (κ1) is 14.5. The van der Waals surface area contributed by atoms with Gasteiger partial charge in [0.05, 0.1) is 6.10 Å². The highest BCUT2D eigenvalue weighted by Crippen LogP contribution is 2.22. The van der Waals surface area contributed by atoms with Crippen LogP contribution in [-0.4, -0.2) is 19.3 Å². The van der Waals surface area contributed by atoms with E-state index in [-0.39, 0.29) is 0 Å². The van der Waals surface area contributed by atoms with E-state index in [0.717, 1.165) is 26.0 Å². The van der Waals surface area contributed by atoms with Crippen molar-refractivity contribution in [3.63, 3.8) is 0 Å². The molecule has 3 atom stereocenters. The van der Waals surface area contributed by atoms with E-state index < -0.39 is 0 Å². The van der Waals surface area contributed by atoms with Gasteiger partial charge < -0.3 is 10.1 Å². The summed E-state index contributed by atoms with van der Waals surface area (Å²) in [6, 6.07) is 9.52. The Balaban J connectivity index is 1.91. The maximum absolute atomic E-state index is 5.63. The van der Waals surface area contributed by atoms with E-state index in [2.05, 4.69) is 50.4 Å². The van der Waals surface area contributed by atoms with Crippen molar-refractivity contribution in [2.75, 3.05) is 13.2 Å². The van der Waals surface area contributed by atoms with Crippen LogP contribution >= 0.6 is 0 Å². The van der Waals surface area contributed by atoms with Gasteiger partial charge in [-0.3, -0.25) is 0 Å². The summed E-state index contributed by atoms with van der Waals surface area (Å²) in [5.74, 6) is 0.670. The lowest BCUT2D eigenvalue weighted by atomic mass is 9.99. The lowest BCUT2D eigenvalue weighted by Gasteiger charge is -2.21. The summed E-state index contributed by atoms with van der Waals surface area (Å²) in [5, 5.41) is 3.72. The Labute approximate surface area is 117 Å². The van der Waals surface area contributed by atoms with Crippen LogP contribution in [0.15, 0.2) is 24.3 Å². The van der Waals surface area contributed by atoms with Gasteiger partial charge in [-0.05, 0) is 43.2 Å². The van der Waals surface area contributed by atoms with Gasteiger partial charge in [0.1, 0.15) is 0 Å². The summed E-state index contributed by atoms with van der Waals surface area (Å²) in [5.41, 5.74) is 2.82. The quantitative estimate of drug-likeness (QED) is 0.843. The molecule has 19 heavy (non-hydrogen) atoms. The first-order chi connectivity index (χ1) is 9.24. The topological polar surface area (TPSA) is 21.3 Å². The number of rotatable bonds is 6. The average molecular weight is 261 g/mol. The van der Waals surface area contributed by atoms with Crippen molar-refractivity contribution in [3.05, 3.63) is 35.4 Å². The molecule has 1 saturated heterocycles. The summed E-state index contributed by atoms with van der Waals surface area (Å²) < 4.78 is 5.63. The number of hydrogen-bond acceptors (Lipinski definition) is 2. The first-order valence-electron chi connectivity index (χ1n) is 7.68. The zero-order chi connectivity index (χ0) is 13.7. The van der Waals surface area contributed by atoms with Crippen LogP contribution in [0.2, 0.25) is 0 Å². The lowest BCUT2D eigenvalue weighted by Crippen LogP contribution is -2.30. The van der Waals surface area contributed by atoms with Crippen molar-refractivity contribution in [2.45, 2.75) is 52.2 Å². The van der Waals surface area contributed by atoms with E-state index >= 15 is 0 Å². The third-order valence-electron chi connectivity index (χ3n) is 4.36. The Morgan fingerprint density at radius 1 is 1.26 bits per heavy atom. The number of nitrogens with one attached hydrogen (secondary N) is 1. The Bertz CT molecular complexity index is 373. The van der Waals surface area contributed by atoms with Gasteiger partial charge >= 0.3 is 0 Å². The molecule has 3 unspecified atom stereocenters. The zero-order valence-corrected chi connectivity index (χ0v) is 12.5. The molecule has 0 aromatic heterocycles. The van der Waals surface area contributed by atoms with Gasteiger partial charge in [-0.2, -0.15) is 0 Å². The molecular weight excluding hydrogens is 234 g/mol. The van der Waals surface area contributed by atoms with E-state index in [9.17, 15) is 0 Å². The summed E-state index contributed by atoms with van der Waals surface area (Å²) in [4.78, 5) is 0. The van der Waals surface area contributed by atoms with Gasteiger partial charge in [0.25, 0.3) is 0 Å². The minimum atomic E-state index is 0.410. The molecule has 1 aliphatic heterocycles. The van der Waals surface area contributed by atoms with E-state index in [4.69, 9.17) is 4.74 Å². The molecule has 1 fully saturated rings. The Morgan fingerprint density at radius 2 is 2.00 bits per heavy atom. The molecule has 1 heterocycles. The van der Waals surface area contributed by atoms with Crippen LogP contribution in [0.25, 0.3) is 0 Å². The summed E-state index contributed by atoms with van der Waals surface area (Å²) in [6.07, 6.45) is 3.85. The minimum absolute atomic E-state index is 0.410. The number of hydrogen-bond donors (Lipinski definition) is 1. The highest BCUT2D eigenvalue weighted by atomic mass is 16.5. The molecule has 2 nitrogen and oxygen atoms in total. The second kappa shape index (κ2) is 7.06. The average Bonchev–Trinajstić information content (AvgIpc) is 2.86. The van der Waals surface area contributed by atoms with Gasteiger partial charge in [0.15, 0.2) is 0 Å². The molecule has 0 spiro atoms. The minimum Gasteiger partial charge on any atom is -0.378 e. The van der Waals surface area contributed by atoms with Crippen LogP contribution in [0.1, 0.15) is 50.8 Å². The maximum Gasteiger partial charge on any atom is 0.0588 e. The van der Waals surface area contributed by atoms with Crippen molar-refractivity contribution in [1.82, 2.24) is 5.32 Å². The summed E-state index contributed by atoms with van der Waals surface area (Å²) in [7, 11) is 0. The van der Waals surface area contributed by atoms with Crippen molar-refractivity contribution in [3.8, 4) is 0 Å². The molecule has 2 rings (SSSR count). The van der Waals surface area contributed by atoms with Crippen molar-refractivity contribution in [1.29, 1.82) is 0 Å². The van der Waals surface area contributed by atoms with E-state index in [0.29, 0.717) is 18.1 Å². The second-order valence-electron chi connectivity index (χ2n) is 5.59. The fourth-order valence-corrected chi connectivity index (χ4v) is 2.82. The fourth-order valence-electron chi connectivity index (χ4n) is 2.82. The first-order valence-corrected chi connectivity index (χ1v) is 7.68. The Morgan fingerprint density at radius 3 is 2.53 bits per heavy atom. The largest absolute Gasteiger partial charge is 0.378 e. The Kier molecular flexibility index (Phi) is 5.41. The molecule has 106 valence electrons. The van der Waals surface area contributed by atoms with Crippen molar-refractivity contribution in [2.24, 2.45) is 5.92 Å². The summed E-state index contributed by atoms with van der Waals surface area (Å²) in [6.45, 7) is 8.63. The van der Waals surface area contributed by atoms with Gasteiger partial charge in [0, 0.05) is 19.2 Å². The Hall–Kier alpha value is -0.860. The highest BCUT2D eigenvalue weighted by Gasteiger charge is 2.24. The molecule has 0 saturated carbocycles. The highest BCUT2D eigenvalue weighted by molar-refractivity contribution is 5.25. The maximum atomic E-state index is 5.63. The fraction of sp³-hybridized carbons (Fsp3) is 0.647. The molecule has 0 bridgehead atoms. The van der Waals surface area contributed by atoms with E-state index in [1.807, 2.05) is 0 Å². The molecule has 2 heteroatoms. The van der Waals surface area contributed by atoms with Crippen LogP contribution < -0.4 is 5.32 Å². The van der Waals surface area contributed by atoms with Crippen LogP contribution in [0, 0.1) is 5.92 Å². The van der Waals surface area contributed by atoms with Gasteiger partial charge in [-0.15, -0.1) is 0 Å². The monoisotopic (exact) mass is 261 g/mol. The van der Waals surface area contributed by atoms with E-state index in [1.165, 1.54) is 17.5 Å². The third-order valence-corrected chi connectivity index (χ3v) is 4.36. The van der Waals surface area contributed by atoms with Crippen LogP contribution in [-0.2, 0) is 11.2 Å². The second-order valence-corrected chi connectivity index (χ2v) is 5.59. The number of ether oxygens (including phenoxy) is 1. The molecule has 1 aromatic rings. The van der Waals surface area contributed by atoms with Crippen LogP contribution in [0.5, 0.6) is 0 Å². The molecule has 0 radical (unpaired) electrons. The number of aryl methyl sites for hydroxylation is 1. The predicted molar refractivity (Wildman–Crippen MR) is 80.4 cm³/mol. The third kappa shape index (κ3) is 3.80. The molecular formula is C17H27NO. The van der Waals surface area contributed by atoms with Gasteiger partial charge in [-0.1, -0.05) is 38.1 Å². The molecule has 1 aliphatic rings. The lowest BCUT2D eigenvalue weighted by molar-refractivity contribution is 0.105. The van der Waals surface area contributed by atoms with Crippen LogP contribution in [0.4, 0.5) is 0 Å². The van der Waals surface area contributed by atoms with Crippen LogP contribution in [0.3, 0.4) is 0 Å². The predicted octanol–water partition coefficient (Wildman–Crippen LogP) is 3.71. The van der Waals surface area contributed by atoms with Crippen molar-refractivity contribution < 1.29 is 4.74 Å². The van der Waals surface area contributed by atoms with Crippen molar-refractivity contribution >= 4 is 0 Å². The van der Waals surface area contributed by atoms with E-state index in [1.54, 1.807) is 0 Å². The van der Waals surface area contributed by atoms with Gasteiger partial charge in [0.2, 0.25) is 0 Å². The normalized spacial score (nSPS) is 24.6. The molecule has 1 aromatic carbocycles. The summed E-state index contributed by atoms with van der Waals surface area (Å²) >= 11 is 0. The molecule has 0 amide bonds. The standard InChI is InChI=1S/C17H27NO/c1-4-14-6-8-15(9-7-14)17(5-2)18-12-16-10-11-19-13(16)3/h6-9,13,16-18H,4-5,10-12H2,1-3H3. The van der Waals surface area contributed by atoms with Gasteiger partial charge in [-0.25, -0.2) is 0 Å². The molecule has 0 aliphatic carbocycles. The molecule has 1 N–H and O–H groups in total. The SMILES string of the molecule is CCc1ccc(C(CC)NCC2CCOC2C)cc1.